The second-order valence-electron chi connectivity index (χ2n) is 15.2. The van der Waals surface area contributed by atoms with Crippen LogP contribution in [0.1, 0.15) is 164 Å². The van der Waals surface area contributed by atoms with Crippen LogP contribution in [0.2, 0.25) is 0 Å². The molecular weight excluding hydrogens is 593 g/mol. The molecule has 0 aliphatic carbocycles. The predicted octanol–water partition coefficient (Wildman–Crippen LogP) is 12.9. The molecule has 4 atom stereocenters. The number of imidazole rings is 1. The summed E-state index contributed by atoms with van der Waals surface area (Å²) in [6, 6.07) is 7.05. The Labute approximate surface area is 298 Å². The van der Waals surface area contributed by atoms with Gasteiger partial charge in [-0.05, 0) is 86.2 Å². The summed E-state index contributed by atoms with van der Waals surface area (Å²) < 4.78 is 6.02. The van der Waals surface area contributed by atoms with Crippen molar-refractivity contribution in [2.24, 2.45) is 23.7 Å². The minimum absolute atomic E-state index is 0.751. The van der Waals surface area contributed by atoms with Gasteiger partial charge < -0.3 is 9.13 Å². The van der Waals surface area contributed by atoms with Gasteiger partial charge in [0.2, 0.25) is 0 Å². The van der Waals surface area contributed by atoms with Crippen LogP contribution in [0.25, 0.3) is 11.0 Å². The van der Waals surface area contributed by atoms with E-state index in [-0.39, 0.29) is 0 Å². The van der Waals surface area contributed by atoms with Crippen molar-refractivity contribution in [2.45, 2.75) is 178 Å². The molecule has 0 amide bonds. The quantitative estimate of drug-likeness (QED) is 0.0838. The maximum Gasteiger partial charge on any atom is 0.183 e. The van der Waals surface area contributed by atoms with Gasteiger partial charge in [0.1, 0.15) is 0 Å². The Bertz CT molecular complexity index is 1100. The highest BCUT2D eigenvalue weighted by Gasteiger charge is 2.23. The van der Waals surface area contributed by atoms with Crippen molar-refractivity contribution in [3.05, 3.63) is 28.5 Å². The Morgan fingerprint density at radius 1 is 0.532 bits per heavy atom. The van der Waals surface area contributed by atoms with Gasteiger partial charge >= 0.3 is 0 Å². The first kappa shape index (κ1) is 42.0. The van der Waals surface area contributed by atoms with Crippen molar-refractivity contribution < 1.29 is 0 Å². The average molecular weight is 671 g/mol. The van der Waals surface area contributed by atoms with Gasteiger partial charge in [-0.1, -0.05) is 139 Å². The molecule has 1 aromatic heterocycles. The number of unbranched alkanes of at least 4 members (excludes halogenated alkanes) is 4. The predicted molar refractivity (Wildman–Crippen MR) is 212 cm³/mol. The third kappa shape index (κ3) is 14.3. The Balaban J connectivity index is 2.54. The topological polar surface area (TPSA) is 16.3 Å². The van der Waals surface area contributed by atoms with Crippen molar-refractivity contribution in [2.75, 3.05) is 26.2 Å². The van der Waals surface area contributed by atoms with Gasteiger partial charge in [-0.3, -0.25) is 9.80 Å². The minimum atomic E-state index is 0.751. The van der Waals surface area contributed by atoms with E-state index in [0.29, 0.717) is 0 Å². The van der Waals surface area contributed by atoms with Crippen molar-refractivity contribution in [3.8, 4) is 0 Å². The molecule has 0 spiro atoms. The van der Waals surface area contributed by atoms with Crippen molar-refractivity contribution >= 4 is 23.3 Å². The monoisotopic (exact) mass is 671 g/mol. The zero-order valence-electron chi connectivity index (χ0n) is 32.8. The van der Waals surface area contributed by atoms with Gasteiger partial charge in [0, 0.05) is 26.2 Å². The summed E-state index contributed by atoms with van der Waals surface area (Å²) in [6.07, 6.45) is 20.9. The number of hydrogen-bond acceptors (Lipinski definition) is 3. The highest BCUT2D eigenvalue weighted by atomic mass is 32.1. The molecule has 0 N–H and O–H groups in total. The molecule has 4 unspecified atom stereocenters. The number of aryl methyl sites for hydroxylation is 1. The lowest BCUT2D eigenvalue weighted by Gasteiger charge is -2.31. The number of nitrogens with zero attached hydrogens (tertiary/aromatic N) is 4. The lowest BCUT2D eigenvalue weighted by atomic mass is 9.96. The molecule has 2 aromatic rings. The highest BCUT2D eigenvalue weighted by Crippen LogP contribution is 2.26. The van der Waals surface area contributed by atoms with Crippen LogP contribution in [0.3, 0.4) is 0 Å². The van der Waals surface area contributed by atoms with Crippen molar-refractivity contribution in [1.29, 1.82) is 0 Å². The molecule has 4 nitrogen and oxygen atoms in total. The van der Waals surface area contributed by atoms with E-state index in [2.05, 4.69) is 99.4 Å². The van der Waals surface area contributed by atoms with Crippen LogP contribution < -0.4 is 0 Å². The summed E-state index contributed by atoms with van der Waals surface area (Å²) in [7, 11) is 0. The highest BCUT2D eigenvalue weighted by molar-refractivity contribution is 7.71. The third-order valence-corrected chi connectivity index (χ3v) is 11.5. The van der Waals surface area contributed by atoms with Crippen molar-refractivity contribution in [1.82, 2.24) is 18.9 Å². The average Bonchev–Trinajstić information content (AvgIpc) is 3.32. The zero-order chi connectivity index (χ0) is 34.6. The van der Waals surface area contributed by atoms with E-state index in [1.54, 1.807) is 0 Å². The molecule has 2 rings (SSSR count). The van der Waals surface area contributed by atoms with Gasteiger partial charge in [0.05, 0.1) is 24.4 Å². The summed E-state index contributed by atoms with van der Waals surface area (Å²) in [5, 5.41) is 0. The molecule has 47 heavy (non-hydrogen) atoms. The van der Waals surface area contributed by atoms with E-state index < -0.39 is 0 Å². The van der Waals surface area contributed by atoms with Crippen LogP contribution in [0.15, 0.2) is 18.2 Å². The van der Waals surface area contributed by atoms with Gasteiger partial charge in [0.25, 0.3) is 0 Å². The molecule has 0 saturated carbocycles. The molecule has 1 heterocycles. The summed E-state index contributed by atoms with van der Waals surface area (Å²) in [4.78, 5) is 5.59. The summed E-state index contributed by atoms with van der Waals surface area (Å²) >= 11 is 6.49. The van der Waals surface area contributed by atoms with Gasteiger partial charge in [-0.2, -0.15) is 0 Å². The Hall–Kier alpha value is -1.17. The van der Waals surface area contributed by atoms with E-state index in [0.717, 1.165) is 41.8 Å². The molecule has 0 fully saturated rings. The fraction of sp³-hybridized carbons (Fsp3) is 0.833. The molecule has 272 valence electrons. The maximum atomic E-state index is 6.49. The standard InChI is InChI=1S/C42H78N4S/c1-10-18-22-36(14-5)29-43(30-37(15-6)23-19-11-2)33-45-40-27-26-35(9)28-41(40)46(42(45)47)34-44(31-38(16-7)24-20-12-3)32-39(17-8)25-21-13-4/h26-28,36-39H,10-25,29-34H2,1-9H3. The van der Waals surface area contributed by atoms with Crippen LogP contribution in [0.5, 0.6) is 0 Å². The first-order valence-corrected chi connectivity index (χ1v) is 20.8. The lowest BCUT2D eigenvalue weighted by Crippen LogP contribution is -2.36. The summed E-state index contributed by atoms with van der Waals surface area (Å²) in [5.41, 5.74) is 3.95. The Morgan fingerprint density at radius 2 is 0.872 bits per heavy atom. The summed E-state index contributed by atoms with van der Waals surface area (Å²) in [6.45, 7) is 27.7. The smallest absolute Gasteiger partial charge is 0.183 e. The minimum Gasteiger partial charge on any atom is -0.303 e. The Morgan fingerprint density at radius 3 is 1.19 bits per heavy atom. The molecule has 0 bridgehead atoms. The van der Waals surface area contributed by atoms with Gasteiger partial charge in [-0.15, -0.1) is 0 Å². The SMILES string of the molecule is CCCCC(CC)CN(CC(CC)CCCC)Cn1c(=S)n(CN(CC(CC)CCCC)CC(CC)CCCC)c2cc(C)ccc21. The molecular formula is C42H78N4S. The van der Waals surface area contributed by atoms with Crippen LogP contribution in [-0.2, 0) is 13.3 Å². The normalized spacial score (nSPS) is 14.8. The fourth-order valence-corrected chi connectivity index (χ4v) is 7.93. The first-order valence-electron chi connectivity index (χ1n) is 20.4. The fourth-order valence-electron chi connectivity index (χ4n) is 7.61. The van der Waals surface area contributed by atoms with Crippen LogP contribution in [0.4, 0.5) is 0 Å². The number of fused-ring (bicyclic) bond motifs is 1. The second-order valence-corrected chi connectivity index (χ2v) is 15.5. The van der Waals surface area contributed by atoms with Crippen LogP contribution in [-0.4, -0.2) is 45.1 Å². The van der Waals surface area contributed by atoms with Crippen molar-refractivity contribution in [3.63, 3.8) is 0 Å². The van der Waals surface area contributed by atoms with E-state index in [4.69, 9.17) is 12.2 Å². The number of aromatic nitrogens is 2. The number of hydrogen-bond donors (Lipinski definition) is 0. The van der Waals surface area contributed by atoms with Gasteiger partial charge in [0.15, 0.2) is 4.77 Å². The number of benzene rings is 1. The van der Waals surface area contributed by atoms with Crippen LogP contribution >= 0.6 is 12.2 Å². The van der Waals surface area contributed by atoms with E-state index in [1.807, 2.05) is 0 Å². The first-order chi connectivity index (χ1) is 22.8. The summed E-state index contributed by atoms with van der Waals surface area (Å²) in [5.74, 6) is 3.01. The van der Waals surface area contributed by atoms with E-state index in [1.165, 1.54) is 146 Å². The molecule has 5 heteroatoms. The maximum absolute atomic E-state index is 6.49. The molecule has 1 aromatic carbocycles. The number of rotatable bonds is 28. The Kier molecular flexibility index (Phi) is 21.5. The zero-order valence-corrected chi connectivity index (χ0v) is 33.6. The van der Waals surface area contributed by atoms with E-state index in [9.17, 15) is 0 Å². The second kappa shape index (κ2) is 24.1. The molecule has 0 saturated heterocycles. The van der Waals surface area contributed by atoms with Gasteiger partial charge in [-0.25, -0.2) is 0 Å². The van der Waals surface area contributed by atoms with E-state index >= 15 is 0 Å². The molecule has 0 radical (unpaired) electrons. The largest absolute Gasteiger partial charge is 0.303 e. The lowest BCUT2D eigenvalue weighted by molar-refractivity contribution is 0.138. The third-order valence-electron chi connectivity index (χ3n) is 11.1. The molecule has 0 aliphatic heterocycles. The molecule has 0 aliphatic rings. The van der Waals surface area contributed by atoms with Crippen LogP contribution in [0, 0.1) is 35.4 Å².